The number of rotatable bonds is 10. The summed E-state index contributed by atoms with van der Waals surface area (Å²) in [7, 11) is 1.60. The van der Waals surface area contributed by atoms with Crippen molar-refractivity contribution in [1.29, 1.82) is 0 Å². The van der Waals surface area contributed by atoms with Gasteiger partial charge in [0.15, 0.2) is 6.10 Å². The quantitative estimate of drug-likeness (QED) is 0.487. The lowest BCUT2D eigenvalue weighted by atomic mass is 10.1. The lowest BCUT2D eigenvalue weighted by Crippen LogP contribution is -2.34. The Bertz CT molecular complexity index is 477. The van der Waals surface area contributed by atoms with Crippen LogP contribution in [0, 0.1) is 0 Å². The largest absolute Gasteiger partial charge is 0.497 e. The zero-order chi connectivity index (χ0) is 16.9. The molecule has 1 aliphatic heterocycles. The fourth-order valence-corrected chi connectivity index (χ4v) is 2.54. The normalized spacial score (nSPS) is 20.8. The van der Waals surface area contributed by atoms with Crippen molar-refractivity contribution in [1.82, 2.24) is 4.90 Å². The summed E-state index contributed by atoms with van der Waals surface area (Å²) in [6.07, 6.45) is -1.79. The molecule has 1 aromatic rings. The highest BCUT2D eigenvalue weighted by atomic mass is 19.3. The Balaban J connectivity index is 1.70. The van der Waals surface area contributed by atoms with Crippen LogP contribution in [0.15, 0.2) is 24.3 Å². The second-order valence-electron chi connectivity index (χ2n) is 5.58. The number of halogens is 2. The van der Waals surface area contributed by atoms with Gasteiger partial charge in [0.05, 0.1) is 20.3 Å². The third-order valence-corrected chi connectivity index (χ3v) is 4.06. The third-order valence-electron chi connectivity index (χ3n) is 4.06. The first-order valence-electron chi connectivity index (χ1n) is 7.99. The summed E-state index contributed by atoms with van der Waals surface area (Å²) < 4.78 is 43.7. The summed E-state index contributed by atoms with van der Waals surface area (Å²) in [5, 5.41) is 0. The number of epoxide rings is 1. The van der Waals surface area contributed by atoms with E-state index < -0.39 is 18.3 Å². The molecule has 0 bridgehead atoms. The number of alkyl halides is 2. The van der Waals surface area contributed by atoms with E-state index in [1.807, 2.05) is 43.0 Å². The predicted molar refractivity (Wildman–Crippen MR) is 83.8 cm³/mol. The Morgan fingerprint density at radius 1 is 1.17 bits per heavy atom. The zero-order valence-electron chi connectivity index (χ0n) is 13.9. The molecule has 0 aliphatic carbocycles. The van der Waals surface area contributed by atoms with Crippen LogP contribution in [0.1, 0.15) is 25.8 Å². The highest BCUT2D eigenvalue weighted by Crippen LogP contribution is 2.40. The number of hydrogen-bond donors (Lipinski definition) is 0. The Kier molecular flexibility index (Phi) is 6.33. The van der Waals surface area contributed by atoms with E-state index in [1.165, 1.54) is 0 Å². The molecule has 1 aromatic carbocycles. The van der Waals surface area contributed by atoms with Crippen LogP contribution >= 0.6 is 0 Å². The van der Waals surface area contributed by atoms with Gasteiger partial charge in [0.1, 0.15) is 12.0 Å². The van der Waals surface area contributed by atoms with E-state index in [2.05, 4.69) is 0 Å². The fraction of sp³-hybridized carbons (Fsp3) is 0.647. The van der Waals surface area contributed by atoms with Crippen LogP contribution in [0.3, 0.4) is 0 Å². The first-order valence-corrected chi connectivity index (χ1v) is 7.99. The lowest BCUT2D eigenvalue weighted by molar-refractivity contribution is -0.0564. The van der Waals surface area contributed by atoms with Crippen LogP contribution in [-0.4, -0.2) is 50.0 Å². The van der Waals surface area contributed by atoms with Gasteiger partial charge < -0.3 is 14.2 Å². The molecule has 1 aliphatic rings. The van der Waals surface area contributed by atoms with Gasteiger partial charge in [-0.1, -0.05) is 26.0 Å². The van der Waals surface area contributed by atoms with Gasteiger partial charge in [-0.25, -0.2) is 8.78 Å². The molecule has 0 radical (unpaired) electrons. The monoisotopic (exact) mass is 329 g/mol. The van der Waals surface area contributed by atoms with Crippen LogP contribution < -0.4 is 4.74 Å². The molecule has 130 valence electrons. The average molecular weight is 329 g/mol. The zero-order valence-corrected chi connectivity index (χ0v) is 13.9. The Hall–Kier alpha value is -1.24. The van der Waals surface area contributed by atoms with Crippen molar-refractivity contribution in [3.63, 3.8) is 0 Å². The molecule has 6 heteroatoms. The van der Waals surface area contributed by atoms with Crippen molar-refractivity contribution in [3.05, 3.63) is 29.8 Å². The smallest absolute Gasteiger partial charge is 0.279 e. The van der Waals surface area contributed by atoms with Crippen molar-refractivity contribution in [2.45, 2.75) is 45.1 Å². The lowest BCUT2D eigenvalue weighted by Gasteiger charge is -2.18. The van der Waals surface area contributed by atoms with Gasteiger partial charge in [-0.15, -0.1) is 0 Å². The van der Waals surface area contributed by atoms with Gasteiger partial charge in [-0.05, 0) is 30.8 Å². The van der Waals surface area contributed by atoms with Gasteiger partial charge in [0.25, 0.3) is 5.92 Å². The Morgan fingerprint density at radius 3 is 2.39 bits per heavy atom. The molecule has 2 unspecified atom stereocenters. The van der Waals surface area contributed by atoms with E-state index >= 15 is 0 Å². The van der Waals surface area contributed by atoms with Crippen molar-refractivity contribution in [2.75, 3.05) is 26.8 Å². The molecule has 1 fully saturated rings. The summed E-state index contributed by atoms with van der Waals surface area (Å²) in [4.78, 5) is 1.90. The minimum Gasteiger partial charge on any atom is -0.497 e. The average Bonchev–Trinajstić information content (AvgIpc) is 3.35. The molecule has 2 atom stereocenters. The number of methoxy groups -OCH3 is 1. The van der Waals surface area contributed by atoms with Gasteiger partial charge in [-0.2, -0.15) is 0 Å². The number of ether oxygens (including phenoxy) is 3. The van der Waals surface area contributed by atoms with Crippen molar-refractivity contribution in [3.8, 4) is 5.75 Å². The predicted octanol–water partition coefficient (Wildman–Crippen LogP) is 3.30. The molecule has 2 rings (SSSR count). The summed E-state index contributed by atoms with van der Waals surface area (Å²) in [5.74, 6) is -2.10. The molecule has 0 N–H and O–H groups in total. The molecular weight excluding hydrogens is 304 g/mol. The number of likely N-dealkylation sites (N-methyl/N-ethyl adjacent to an activating group) is 1. The van der Waals surface area contributed by atoms with E-state index in [0.717, 1.165) is 11.3 Å². The van der Waals surface area contributed by atoms with E-state index in [-0.39, 0.29) is 13.0 Å². The van der Waals surface area contributed by atoms with Crippen LogP contribution in [0.5, 0.6) is 5.75 Å². The van der Waals surface area contributed by atoms with E-state index in [0.29, 0.717) is 19.7 Å². The molecule has 23 heavy (non-hydrogen) atoms. The van der Waals surface area contributed by atoms with Crippen molar-refractivity contribution < 1.29 is 23.0 Å². The molecule has 4 nitrogen and oxygen atoms in total. The van der Waals surface area contributed by atoms with Gasteiger partial charge in [0.2, 0.25) is 0 Å². The van der Waals surface area contributed by atoms with Crippen LogP contribution in [0.2, 0.25) is 0 Å². The minimum atomic E-state index is -2.85. The van der Waals surface area contributed by atoms with E-state index in [4.69, 9.17) is 14.2 Å². The van der Waals surface area contributed by atoms with Gasteiger partial charge in [0, 0.05) is 6.42 Å². The summed E-state index contributed by atoms with van der Waals surface area (Å²) in [6.45, 7) is 5.62. The maximum atomic E-state index is 14.1. The number of hydrogen-bond acceptors (Lipinski definition) is 4. The maximum Gasteiger partial charge on any atom is 0.279 e. The summed E-state index contributed by atoms with van der Waals surface area (Å²) >= 11 is 0. The number of benzene rings is 1. The van der Waals surface area contributed by atoms with Crippen LogP contribution in [-0.2, 0) is 16.1 Å². The maximum absolute atomic E-state index is 14.1. The highest BCUT2D eigenvalue weighted by Gasteiger charge is 2.58. The first kappa shape index (κ1) is 18.1. The van der Waals surface area contributed by atoms with Crippen LogP contribution in [0.25, 0.3) is 0 Å². The summed E-state index contributed by atoms with van der Waals surface area (Å²) in [5.41, 5.74) is 0.929. The molecule has 0 spiro atoms. The standard InChI is InChI=1S/C17H25F2NO3/c1-4-20(5-2)16-15(23-16)17(18,19)10-11-22-12-13-6-8-14(21-3)9-7-13/h6-9,15-16H,4-5,10-12H2,1-3H3. The van der Waals surface area contributed by atoms with Gasteiger partial charge in [-0.3, -0.25) is 4.90 Å². The second kappa shape index (κ2) is 8.04. The minimum absolute atomic E-state index is 0.00383. The molecule has 0 saturated carbocycles. The Labute approximate surface area is 136 Å². The van der Waals surface area contributed by atoms with Crippen molar-refractivity contribution >= 4 is 0 Å². The molecule has 1 saturated heterocycles. The van der Waals surface area contributed by atoms with Crippen LogP contribution in [0.4, 0.5) is 8.78 Å². The first-order chi connectivity index (χ1) is 11.0. The molecule has 0 amide bonds. The third kappa shape index (κ3) is 4.86. The SMILES string of the molecule is CCN(CC)C1OC1C(F)(F)CCOCc1ccc(OC)cc1. The second-order valence-corrected chi connectivity index (χ2v) is 5.58. The Morgan fingerprint density at radius 2 is 1.83 bits per heavy atom. The fourth-order valence-electron chi connectivity index (χ4n) is 2.54. The molecule has 0 aromatic heterocycles. The molecule has 1 heterocycles. The van der Waals surface area contributed by atoms with Crippen molar-refractivity contribution in [2.24, 2.45) is 0 Å². The van der Waals surface area contributed by atoms with E-state index in [9.17, 15) is 8.78 Å². The topological polar surface area (TPSA) is 34.2 Å². The molecular formula is C17H25F2NO3. The van der Waals surface area contributed by atoms with Gasteiger partial charge >= 0.3 is 0 Å². The summed E-state index contributed by atoms with van der Waals surface area (Å²) in [6, 6.07) is 7.36. The highest BCUT2D eigenvalue weighted by molar-refractivity contribution is 5.26. The number of nitrogens with zero attached hydrogens (tertiary/aromatic N) is 1. The van der Waals surface area contributed by atoms with E-state index in [1.54, 1.807) is 7.11 Å².